The van der Waals surface area contributed by atoms with Crippen LogP contribution in [0.4, 0.5) is 0 Å². The molecule has 26 heavy (non-hydrogen) atoms. The third-order valence-electron chi connectivity index (χ3n) is 4.57. The quantitative estimate of drug-likeness (QED) is 0.544. The van der Waals surface area contributed by atoms with Crippen LogP contribution in [0.2, 0.25) is 0 Å². The Hall–Kier alpha value is -2.02. The minimum absolute atomic E-state index is 0.0314. The van der Waals surface area contributed by atoms with E-state index in [0.29, 0.717) is 25.1 Å². The molecule has 1 aliphatic rings. The first-order valence-corrected chi connectivity index (χ1v) is 9.17. The highest BCUT2D eigenvalue weighted by Crippen LogP contribution is 2.27. The van der Waals surface area contributed by atoms with E-state index in [-0.39, 0.29) is 40.9 Å². The van der Waals surface area contributed by atoms with Gasteiger partial charge in [0.05, 0.1) is 0 Å². The lowest BCUT2D eigenvalue weighted by Gasteiger charge is -2.25. The Bertz CT molecular complexity index is 660. The second-order valence-electron chi connectivity index (χ2n) is 8.34. The van der Waals surface area contributed by atoms with Crippen molar-refractivity contribution in [3.05, 3.63) is 17.5 Å². The molecule has 0 unspecified atom stereocenters. The Balaban J connectivity index is 1.93. The van der Waals surface area contributed by atoms with E-state index in [0.717, 1.165) is 12.8 Å². The summed E-state index contributed by atoms with van der Waals surface area (Å²) < 4.78 is 4.94. The van der Waals surface area contributed by atoms with Crippen molar-refractivity contribution in [1.29, 1.82) is 0 Å². The Morgan fingerprint density at radius 3 is 2.65 bits per heavy atom. The molecule has 0 spiro atoms. The molecule has 2 N–H and O–H groups in total. The van der Waals surface area contributed by atoms with Gasteiger partial charge in [-0.2, -0.15) is 0 Å². The van der Waals surface area contributed by atoms with Crippen molar-refractivity contribution >= 4 is 17.5 Å². The summed E-state index contributed by atoms with van der Waals surface area (Å²) in [5.41, 5.74) is 5.69. The van der Waals surface area contributed by atoms with Gasteiger partial charge in [0.2, 0.25) is 5.91 Å². The molecule has 1 aliphatic carbocycles. The number of Topliss-reactive ketones (excluding diaryl/α,β-unsaturated/α-hetero) is 2. The van der Waals surface area contributed by atoms with Gasteiger partial charge in [0.1, 0.15) is 17.2 Å². The van der Waals surface area contributed by atoms with Gasteiger partial charge in [0, 0.05) is 37.3 Å². The first-order chi connectivity index (χ1) is 12.2. The van der Waals surface area contributed by atoms with Crippen LogP contribution in [0.1, 0.15) is 69.1 Å². The summed E-state index contributed by atoms with van der Waals surface area (Å²) in [5, 5.41) is 3.74. The molecule has 0 bridgehead atoms. The van der Waals surface area contributed by atoms with Gasteiger partial charge in [-0.05, 0) is 31.6 Å². The fraction of sp³-hybridized carbons (Fsp3) is 0.684. The van der Waals surface area contributed by atoms with Gasteiger partial charge < -0.3 is 4.52 Å². The normalized spacial score (nSPS) is 18.8. The van der Waals surface area contributed by atoms with Crippen LogP contribution in [-0.4, -0.2) is 29.2 Å². The number of rotatable bonds is 8. The molecule has 2 rings (SSSR count). The maximum atomic E-state index is 12.6. The van der Waals surface area contributed by atoms with Crippen LogP contribution >= 0.6 is 0 Å². The molecule has 1 aromatic heterocycles. The van der Waals surface area contributed by atoms with Gasteiger partial charge in [-0.1, -0.05) is 25.9 Å². The number of aromatic nitrogens is 1. The lowest BCUT2D eigenvalue weighted by Crippen LogP contribution is -2.45. The fourth-order valence-corrected chi connectivity index (χ4v) is 3.29. The van der Waals surface area contributed by atoms with Crippen molar-refractivity contribution in [1.82, 2.24) is 16.0 Å². The average molecular weight is 363 g/mol. The minimum atomic E-state index is -0.480. The molecule has 1 aromatic rings. The number of hydrogen-bond donors (Lipinski definition) is 2. The Morgan fingerprint density at radius 2 is 2.12 bits per heavy atom. The van der Waals surface area contributed by atoms with Gasteiger partial charge in [-0.25, -0.2) is 5.43 Å². The number of amides is 1. The third kappa shape index (κ3) is 6.05. The second-order valence-corrected chi connectivity index (χ2v) is 8.34. The van der Waals surface area contributed by atoms with Crippen LogP contribution in [0.15, 0.2) is 10.6 Å². The van der Waals surface area contributed by atoms with Gasteiger partial charge in [-0.15, -0.1) is 0 Å². The number of hydrogen-bond acceptors (Lipinski definition) is 6. The van der Waals surface area contributed by atoms with Crippen LogP contribution in [0.5, 0.6) is 0 Å². The largest absolute Gasteiger partial charge is 0.361 e. The van der Waals surface area contributed by atoms with Crippen LogP contribution in [0.25, 0.3) is 0 Å². The predicted molar refractivity (Wildman–Crippen MR) is 96.2 cm³/mol. The van der Waals surface area contributed by atoms with E-state index in [2.05, 4.69) is 16.0 Å². The molecule has 7 heteroatoms. The summed E-state index contributed by atoms with van der Waals surface area (Å²) in [5.74, 6) is -0.152. The minimum Gasteiger partial charge on any atom is -0.361 e. The number of nitrogens with one attached hydrogen (secondary N) is 2. The van der Waals surface area contributed by atoms with E-state index in [9.17, 15) is 14.4 Å². The maximum Gasteiger partial charge on any atom is 0.237 e. The number of carbonyl (C=O) groups is 3. The third-order valence-corrected chi connectivity index (χ3v) is 4.57. The molecule has 7 nitrogen and oxygen atoms in total. The average Bonchev–Trinajstić information content (AvgIpc) is 3.14. The van der Waals surface area contributed by atoms with E-state index < -0.39 is 5.92 Å². The van der Waals surface area contributed by atoms with Crippen LogP contribution in [0, 0.1) is 24.2 Å². The molecular formula is C19H29N3O4. The topological polar surface area (TPSA) is 101 Å². The molecule has 144 valence electrons. The Morgan fingerprint density at radius 1 is 1.38 bits per heavy atom. The van der Waals surface area contributed by atoms with Crippen molar-refractivity contribution in [2.45, 2.75) is 59.8 Å². The van der Waals surface area contributed by atoms with Crippen molar-refractivity contribution < 1.29 is 18.9 Å². The predicted octanol–water partition coefficient (Wildman–Crippen LogP) is 2.60. The smallest absolute Gasteiger partial charge is 0.237 e. The van der Waals surface area contributed by atoms with Gasteiger partial charge >= 0.3 is 0 Å². The summed E-state index contributed by atoms with van der Waals surface area (Å²) in [6, 6.07) is 1.58. The van der Waals surface area contributed by atoms with Crippen LogP contribution in [-0.2, 0) is 9.59 Å². The molecule has 1 amide bonds. The number of carbonyl (C=O) groups excluding carboxylic acids is 3. The highest BCUT2D eigenvalue weighted by atomic mass is 16.5. The summed E-state index contributed by atoms with van der Waals surface area (Å²) >= 11 is 0. The fourth-order valence-electron chi connectivity index (χ4n) is 3.29. The molecule has 1 heterocycles. The Kier molecular flexibility index (Phi) is 6.69. The molecule has 0 aromatic carbocycles. The molecular weight excluding hydrogens is 334 g/mol. The number of ketones is 2. The highest BCUT2D eigenvalue weighted by molar-refractivity contribution is 5.97. The number of aryl methyl sites for hydroxylation is 1. The maximum absolute atomic E-state index is 12.6. The first kappa shape index (κ1) is 20.3. The Labute approximate surface area is 154 Å². The van der Waals surface area contributed by atoms with E-state index in [1.54, 1.807) is 13.0 Å². The second kappa shape index (κ2) is 8.58. The highest BCUT2D eigenvalue weighted by Gasteiger charge is 2.29. The van der Waals surface area contributed by atoms with Gasteiger partial charge in [-0.3, -0.25) is 19.8 Å². The van der Waals surface area contributed by atoms with E-state index >= 15 is 0 Å². The van der Waals surface area contributed by atoms with Crippen molar-refractivity contribution in [3.8, 4) is 0 Å². The SMILES string of the molecule is Cc1cc(C(=O)C[C@@H](CC(C)(C)C)C(=O)NNC[C@@H]2CCCC2=O)no1. The monoisotopic (exact) mass is 363 g/mol. The molecule has 0 saturated heterocycles. The van der Waals surface area contributed by atoms with Gasteiger partial charge in [0.15, 0.2) is 5.78 Å². The lowest BCUT2D eigenvalue weighted by atomic mass is 9.82. The van der Waals surface area contributed by atoms with Crippen molar-refractivity contribution in [3.63, 3.8) is 0 Å². The first-order valence-electron chi connectivity index (χ1n) is 9.17. The summed E-state index contributed by atoms with van der Waals surface area (Å²) in [7, 11) is 0. The standard InChI is InChI=1S/C19H29N3O4/c1-12-8-15(22-26-12)17(24)9-14(10-19(2,3)4)18(25)21-20-11-13-6-5-7-16(13)23/h8,13-14,20H,5-7,9-11H2,1-4H3,(H,21,25)/t13-,14-/m0/s1. The van der Waals surface area contributed by atoms with Crippen molar-refractivity contribution in [2.24, 2.45) is 17.3 Å². The van der Waals surface area contributed by atoms with E-state index in [1.807, 2.05) is 20.8 Å². The molecule has 2 atom stereocenters. The molecule has 0 aliphatic heterocycles. The lowest BCUT2D eigenvalue weighted by molar-refractivity contribution is -0.127. The van der Waals surface area contributed by atoms with E-state index in [4.69, 9.17) is 4.52 Å². The zero-order valence-electron chi connectivity index (χ0n) is 16.1. The van der Waals surface area contributed by atoms with E-state index in [1.165, 1.54) is 0 Å². The molecule has 1 saturated carbocycles. The summed E-state index contributed by atoms with van der Waals surface area (Å²) in [6.07, 6.45) is 3.03. The number of hydrazine groups is 1. The molecule has 0 radical (unpaired) electrons. The number of nitrogens with zero attached hydrogens (tertiary/aromatic N) is 1. The van der Waals surface area contributed by atoms with Crippen LogP contribution in [0.3, 0.4) is 0 Å². The van der Waals surface area contributed by atoms with Crippen LogP contribution < -0.4 is 10.9 Å². The van der Waals surface area contributed by atoms with Gasteiger partial charge in [0.25, 0.3) is 0 Å². The summed E-state index contributed by atoms with van der Waals surface area (Å²) in [4.78, 5) is 36.7. The molecule has 1 fully saturated rings. The zero-order valence-corrected chi connectivity index (χ0v) is 16.1. The van der Waals surface area contributed by atoms with Crippen molar-refractivity contribution in [2.75, 3.05) is 6.54 Å². The zero-order chi connectivity index (χ0) is 19.3. The summed E-state index contributed by atoms with van der Waals surface area (Å²) in [6.45, 7) is 8.24.